The molecule has 0 fully saturated rings. The first-order valence-corrected chi connectivity index (χ1v) is 7.58. The third kappa shape index (κ3) is 3.09. The normalized spacial score (nSPS) is 11.3. The number of rotatable bonds is 3. The number of benzene rings is 2. The van der Waals surface area contributed by atoms with E-state index in [9.17, 15) is 8.42 Å². The Morgan fingerprint density at radius 3 is 2.30 bits per heavy atom. The van der Waals surface area contributed by atoms with E-state index in [4.69, 9.17) is 10.9 Å². The lowest BCUT2D eigenvalue weighted by Gasteiger charge is -2.13. The summed E-state index contributed by atoms with van der Waals surface area (Å²) in [5.41, 5.74) is 9.90. The van der Waals surface area contributed by atoms with E-state index in [1.54, 1.807) is 0 Å². The van der Waals surface area contributed by atoms with Crippen molar-refractivity contribution in [1.29, 1.82) is 0 Å². The molecule has 0 unspecified atom stereocenters. The van der Waals surface area contributed by atoms with Crippen molar-refractivity contribution in [1.82, 2.24) is 0 Å². The lowest BCUT2D eigenvalue weighted by molar-refractivity contribution is 0.598. The summed E-state index contributed by atoms with van der Waals surface area (Å²) in [6, 6.07) is 10.3. The Labute approximate surface area is 118 Å². The van der Waals surface area contributed by atoms with E-state index in [1.807, 2.05) is 32.0 Å². The van der Waals surface area contributed by atoms with Gasteiger partial charge in [0.2, 0.25) is 10.0 Å². The molecule has 20 heavy (non-hydrogen) atoms. The quantitative estimate of drug-likeness (QED) is 0.755. The third-order valence-electron chi connectivity index (χ3n) is 3.00. The third-order valence-corrected chi connectivity index (χ3v) is 3.92. The number of nitrogens with one attached hydrogen (secondary N) is 1. The van der Waals surface area contributed by atoms with Gasteiger partial charge >= 0.3 is 0 Å². The first kappa shape index (κ1) is 14.4. The molecule has 0 aromatic heterocycles. The molecule has 6 heteroatoms. The Kier molecular flexibility index (Phi) is 3.69. The lowest BCUT2D eigenvalue weighted by atomic mass is 10.1. The highest BCUT2D eigenvalue weighted by molar-refractivity contribution is 7.89. The minimum absolute atomic E-state index is 0.0268. The largest absolute Gasteiger partial charge is 0.397 e. The summed E-state index contributed by atoms with van der Waals surface area (Å²) in [4.78, 5) is 0.0268. The van der Waals surface area contributed by atoms with Crippen LogP contribution in [-0.4, -0.2) is 8.42 Å². The van der Waals surface area contributed by atoms with Crippen LogP contribution in [0.4, 0.5) is 17.1 Å². The fourth-order valence-corrected chi connectivity index (χ4v) is 2.46. The topological polar surface area (TPSA) is 98.2 Å². The molecule has 0 spiro atoms. The van der Waals surface area contributed by atoms with Crippen molar-refractivity contribution in [3.63, 3.8) is 0 Å². The average Bonchev–Trinajstić information content (AvgIpc) is 2.33. The molecule has 5 nitrogen and oxygen atoms in total. The molecule has 0 aliphatic heterocycles. The number of aryl methyl sites for hydroxylation is 2. The van der Waals surface area contributed by atoms with E-state index in [0.29, 0.717) is 11.4 Å². The Morgan fingerprint density at radius 1 is 1.00 bits per heavy atom. The van der Waals surface area contributed by atoms with Crippen molar-refractivity contribution in [3.05, 3.63) is 47.5 Å². The number of anilines is 3. The van der Waals surface area contributed by atoms with Gasteiger partial charge in [-0.3, -0.25) is 0 Å². The van der Waals surface area contributed by atoms with Crippen LogP contribution in [0.15, 0.2) is 41.3 Å². The average molecular weight is 291 g/mol. The highest BCUT2D eigenvalue weighted by atomic mass is 32.2. The molecule has 5 N–H and O–H groups in total. The first-order valence-electron chi connectivity index (χ1n) is 6.04. The van der Waals surface area contributed by atoms with Gasteiger partial charge in [-0.1, -0.05) is 17.7 Å². The van der Waals surface area contributed by atoms with Crippen LogP contribution in [0.2, 0.25) is 0 Å². The number of hydrogen-bond donors (Lipinski definition) is 3. The maximum absolute atomic E-state index is 11.4. The molecule has 106 valence electrons. The number of hydrogen-bond acceptors (Lipinski definition) is 4. The zero-order valence-electron chi connectivity index (χ0n) is 11.3. The predicted octanol–water partition coefficient (Wildman–Crippen LogP) is 2.28. The first-order chi connectivity index (χ1) is 9.27. The summed E-state index contributed by atoms with van der Waals surface area (Å²) in [6.07, 6.45) is 0. The molecule has 0 heterocycles. The van der Waals surface area contributed by atoms with Gasteiger partial charge < -0.3 is 11.1 Å². The molecule has 0 amide bonds. The van der Waals surface area contributed by atoms with Gasteiger partial charge in [0, 0.05) is 5.69 Å². The second kappa shape index (κ2) is 5.15. The maximum atomic E-state index is 11.4. The van der Waals surface area contributed by atoms with Gasteiger partial charge in [0.1, 0.15) is 0 Å². The Morgan fingerprint density at radius 2 is 1.70 bits per heavy atom. The highest BCUT2D eigenvalue weighted by Crippen LogP contribution is 2.27. The van der Waals surface area contributed by atoms with Crippen molar-refractivity contribution in [2.24, 2.45) is 5.14 Å². The molecule has 0 saturated heterocycles. The summed E-state index contributed by atoms with van der Waals surface area (Å²) in [7, 11) is -3.75. The van der Waals surface area contributed by atoms with Crippen LogP contribution >= 0.6 is 0 Å². The van der Waals surface area contributed by atoms with Crippen molar-refractivity contribution in [2.45, 2.75) is 18.7 Å². The number of nitrogens with two attached hydrogens (primary N) is 2. The van der Waals surface area contributed by atoms with E-state index >= 15 is 0 Å². The van der Waals surface area contributed by atoms with Gasteiger partial charge in [-0.05, 0) is 43.7 Å². The predicted molar refractivity (Wildman–Crippen MR) is 81.4 cm³/mol. The molecular weight excluding hydrogens is 274 g/mol. The second-order valence-corrected chi connectivity index (χ2v) is 6.30. The summed E-state index contributed by atoms with van der Waals surface area (Å²) >= 11 is 0. The maximum Gasteiger partial charge on any atom is 0.238 e. The van der Waals surface area contributed by atoms with Crippen LogP contribution < -0.4 is 16.2 Å². The van der Waals surface area contributed by atoms with E-state index < -0.39 is 10.0 Å². The number of primary sulfonamides is 1. The van der Waals surface area contributed by atoms with Crippen LogP contribution in [0.3, 0.4) is 0 Å². The van der Waals surface area contributed by atoms with Gasteiger partial charge in [0.15, 0.2) is 0 Å². The van der Waals surface area contributed by atoms with Crippen LogP contribution in [0, 0.1) is 13.8 Å². The molecule has 0 atom stereocenters. The summed E-state index contributed by atoms with van der Waals surface area (Å²) < 4.78 is 22.7. The molecule has 2 aromatic carbocycles. The molecule has 0 bridgehead atoms. The summed E-state index contributed by atoms with van der Waals surface area (Å²) in [5, 5.41) is 8.26. The smallest absolute Gasteiger partial charge is 0.238 e. The van der Waals surface area contributed by atoms with Gasteiger partial charge in [-0.15, -0.1) is 0 Å². The lowest BCUT2D eigenvalue weighted by Crippen LogP contribution is -2.12. The molecule has 0 aliphatic carbocycles. The van der Waals surface area contributed by atoms with Crippen molar-refractivity contribution in [3.8, 4) is 0 Å². The Hall–Kier alpha value is -2.05. The molecular formula is C14H17N3O2S. The van der Waals surface area contributed by atoms with Crippen LogP contribution in [-0.2, 0) is 10.0 Å². The standard InChI is InChI=1S/C14H17N3O2S/c1-9-3-6-13(10(2)7-9)17-14-8-11(20(16,18)19)4-5-12(14)15/h3-8,17H,15H2,1-2H3,(H2,16,18,19). The zero-order chi connectivity index (χ0) is 14.9. The fraction of sp³-hybridized carbons (Fsp3) is 0.143. The molecule has 0 saturated carbocycles. The van der Waals surface area contributed by atoms with Gasteiger partial charge in [-0.25, -0.2) is 13.6 Å². The second-order valence-electron chi connectivity index (χ2n) is 4.74. The Bertz CT molecular complexity index is 755. The van der Waals surface area contributed by atoms with Gasteiger partial charge in [0.05, 0.1) is 16.3 Å². The molecule has 0 radical (unpaired) electrons. The van der Waals surface area contributed by atoms with Gasteiger partial charge in [-0.2, -0.15) is 0 Å². The van der Waals surface area contributed by atoms with E-state index in [0.717, 1.165) is 16.8 Å². The van der Waals surface area contributed by atoms with E-state index in [-0.39, 0.29) is 4.90 Å². The SMILES string of the molecule is Cc1ccc(Nc2cc(S(N)(=O)=O)ccc2N)c(C)c1. The van der Waals surface area contributed by atoms with Crippen molar-refractivity contribution in [2.75, 3.05) is 11.1 Å². The van der Waals surface area contributed by atoms with Crippen molar-refractivity contribution < 1.29 is 8.42 Å². The van der Waals surface area contributed by atoms with Crippen LogP contribution in [0.5, 0.6) is 0 Å². The van der Waals surface area contributed by atoms with Crippen LogP contribution in [0.1, 0.15) is 11.1 Å². The zero-order valence-corrected chi connectivity index (χ0v) is 12.2. The van der Waals surface area contributed by atoms with Crippen LogP contribution in [0.25, 0.3) is 0 Å². The number of nitrogen functional groups attached to an aromatic ring is 1. The number of sulfonamides is 1. The summed E-state index contributed by atoms with van der Waals surface area (Å²) in [6.45, 7) is 3.97. The monoisotopic (exact) mass is 291 g/mol. The van der Waals surface area contributed by atoms with E-state index in [1.165, 1.54) is 18.2 Å². The Balaban J connectivity index is 2.43. The van der Waals surface area contributed by atoms with Gasteiger partial charge in [0.25, 0.3) is 0 Å². The summed E-state index contributed by atoms with van der Waals surface area (Å²) in [5.74, 6) is 0. The molecule has 2 aromatic rings. The van der Waals surface area contributed by atoms with Crippen molar-refractivity contribution >= 4 is 27.1 Å². The minimum Gasteiger partial charge on any atom is -0.397 e. The molecule has 0 aliphatic rings. The fourth-order valence-electron chi connectivity index (χ4n) is 1.92. The highest BCUT2D eigenvalue weighted by Gasteiger charge is 2.11. The minimum atomic E-state index is -3.75. The van der Waals surface area contributed by atoms with E-state index in [2.05, 4.69) is 5.32 Å². The molecule has 2 rings (SSSR count).